The van der Waals surface area contributed by atoms with E-state index >= 15 is 0 Å². The van der Waals surface area contributed by atoms with Gasteiger partial charge in [0.1, 0.15) is 6.61 Å². The highest BCUT2D eigenvalue weighted by molar-refractivity contribution is 6.31. The Balaban J connectivity index is 1.38. The minimum Gasteiger partial charge on any atom is -0.461 e. The summed E-state index contributed by atoms with van der Waals surface area (Å²) < 4.78 is 13.2. The van der Waals surface area contributed by atoms with Crippen molar-refractivity contribution in [2.75, 3.05) is 36.1 Å². The molecule has 0 amide bonds. The van der Waals surface area contributed by atoms with Crippen molar-refractivity contribution in [3.8, 4) is 0 Å². The third-order valence-electron chi connectivity index (χ3n) is 11.6. The zero-order valence-electron chi connectivity index (χ0n) is 34.6. The van der Waals surface area contributed by atoms with Crippen LogP contribution in [0.1, 0.15) is 51.7 Å². The molecule has 0 spiro atoms. The first-order valence-corrected chi connectivity index (χ1v) is 20.9. The van der Waals surface area contributed by atoms with Crippen molar-refractivity contribution in [2.24, 2.45) is 0 Å². The molecule has 0 fully saturated rings. The van der Waals surface area contributed by atoms with Gasteiger partial charge in [-0.15, -0.1) is 0 Å². The van der Waals surface area contributed by atoms with Gasteiger partial charge in [0, 0.05) is 68.1 Å². The van der Waals surface area contributed by atoms with E-state index in [4.69, 9.17) is 32.7 Å². The number of halogens is 2. The molecule has 0 N–H and O–H groups in total. The van der Waals surface area contributed by atoms with Crippen molar-refractivity contribution in [1.82, 2.24) is 0 Å². The summed E-state index contributed by atoms with van der Waals surface area (Å²) in [4.78, 5) is 28.7. The lowest BCUT2D eigenvalue weighted by Gasteiger charge is -2.29. The Kier molecular flexibility index (Phi) is 12.5. The summed E-state index contributed by atoms with van der Waals surface area (Å²) in [6.45, 7) is 17.3. The van der Waals surface area contributed by atoms with Gasteiger partial charge in [-0.3, -0.25) is 0 Å². The lowest BCUT2D eigenvalue weighted by Crippen LogP contribution is -2.29. The Bertz CT molecular complexity index is 2460. The number of carbonyl (C=O) groups is 2. The van der Waals surface area contributed by atoms with Crippen molar-refractivity contribution in [1.29, 1.82) is 0 Å². The topological polar surface area (TPSA) is 62.1 Å². The van der Waals surface area contributed by atoms with E-state index in [-0.39, 0.29) is 13.2 Å². The quantitative estimate of drug-likeness (QED) is 0.0716. The monoisotopic (exact) mass is 838 g/mol. The largest absolute Gasteiger partial charge is 0.461 e. The first kappa shape index (κ1) is 42.2. The van der Waals surface area contributed by atoms with Gasteiger partial charge in [0.05, 0.1) is 17.7 Å². The fraction of sp³-hybridized carbons (Fsp3) is 0.235. The molecule has 2 heterocycles. The third-order valence-corrected chi connectivity index (χ3v) is 12.0. The van der Waals surface area contributed by atoms with E-state index in [2.05, 4.69) is 128 Å². The summed E-state index contributed by atoms with van der Waals surface area (Å²) in [5, 5.41) is 1.34. The summed E-state index contributed by atoms with van der Waals surface area (Å²) in [6.07, 6.45) is 12.9. The number of hydrogen-bond donors (Lipinski definition) is 0. The number of para-hydroxylation sites is 2. The molecule has 60 heavy (non-hydrogen) atoms. The van der Waals surface area contributed by atoms with Crippen LogP contribution in [-0.2, 0) is 29.9 Å². The van der Waals surface area contributed by atoms with Gasteiger partial charge >= 0.3 is 11.9 Å². The molecule has 0 aromatic heterocycles. The van der Waals surface area contributed by atoms with Crippen LogP contribution in [0.2, 0.25) is 10.0 Å². The fourth-order valence-corrected chi connectivity index (χ4v) is 8.96. The van der Waals surface area contributed by atoms with Crippen molar-refractivity contribution in [2.45, 2.75) is 51.4 Å². The standard InChI is InChI=1S/C51H50Cl2N3O4/c1-7-47(57)59-31-29-54-43-25-23-37(52)33-41(43)50(3,4)45(54)27-21-35-19-20-36(49(35)56(39-15-11-9-12-16-39)40-17-13-10-14-18-40)22-28-46-51(5,6)42-34-38(53)24-26-44(42)55(46)30-32-60-48(58)8-2/h7-18,21-28,33-34H,1-2,19-20,29-32H2,3-6H3/q+1. The second kappa shape index (κ2) is 17.8. The highest BCUT2D eigenvalue weighted by atomic mass is 35.5. The minimum atomic E-state index is -0.452. The zero-order chi connectivity index (χ0) is 42.6. The number of nitrogens with zero attached hydrogens (tertiary/aromatic N) is 3. The van der Waals surface area contributed by atoms with Crippen LogP contribution < -0.4 is 9.80 Å². The number of carbonyl (C=O) groups excluding carboxylic acids is 2. The summed E-state index contributed by atoms with van der Waals surface area (Å²) in [6, 6.07) is 32.9. The number of benzene rings is 4. The predicted molar refractivity (Wildman–Crippen MR) is 245 cm³/mol. The molecule has 7 nitrogen and oxygen atoms in total. The molecule has 0 atom stereocenters. The molecule has 1 aliphatic carbocycles. The molecular weight excluding hydrogens is 789 g/mol. The highest BCUT2D eigenvalue weighted by Gasteiger charge is 2.45. The first-order valence-electron chi connectivity index (χ1n) is 20.2. The van der Waals surface area contributed by atoms with Gasteiger partial charge in [0.25, 0.3) is 0 Å². The van der Waals surface area contributed by atoms with E-state index < -0.39 is 22.8 Å². The van der Waals surface area contributed by atoms with Crippen molar-refractivity contribution >= 4 is 63.6 Å². The van der Waals surface area contributed by atoms with E-state index in [1.165, 1.54) is 23.3 Å². The van der Waals surface area contributed by atoms with Gasteiger partial charge in [-0.2, -0.15) is 4.58 Å². The van der Waals surface area contributed by atoms with Crippen LogP contribution in [0.3, 0.4) is 0 Å². The second-order valence-corrected chi connectivity index (χ2v) is 16.8. The molecule has 0 unspecified atom stereocenters. The van der Waals surface area contributed by atoms with Gasteiger partial charge in [-0.25, -0.2) is 9.59 Å². The maximum Gasteiger partial charge on any atom is 0.330 e. The lowest BCUT2D eigenvalue weighted by atomic mass is 9.81. The van der Waals surface area contributed by atoms with Crippen LogP contribution in [0.15, 0.2) is 169 Å². The number of esters is 2. The van der Waals surface area contributed by atoms with Crippen LogP contribution in [-0.4, -0.2) is 48.5 Å². The molecule has 0 radical (unpaired) electrons. The number of hydrogen-bond acceptors (Lipinski definition) is 6. The van der Waals surface area contributed by atoms with Crippen molar-refractivity contribution < 1.29 is 23.6 Å². The Labute approximate surface area is 363 Å². The Morgan fingerprint density at radius 3 is 1.98 bits per heavy atom. The van der Waals surface area contributed by atoms with Gasteiger partial charge in [-0.05, 0) is 104 Å². The zero-order valence-corrected chi connectivity index (χ0v) is 36.1. The number of allylic oxidation sites excluding steroid dienone is 7. The minimum absolute atomic E-state index is 0.200. The SMILES string of the molecule is C=CC(=O)OCCN1/C(=C/C=C2\CCC(/C=C/C3=[N+](CCOC(=O)C=C)c4ccc(Cl)cc4C3(C)C)=C2N(c2ccccc2)c2ccccc2)C(C)(C)c2cc(Cl)ccc21. The van der Waals surface area contributed by atoms with E-state index in [9.17, 15) is 9.59 Å². The average Bonchev–Trinajstić information content (AvgIpc) is 3.80. The average molecular weight is 840 g/mol. The Hall–Kier alpha value is -5.89. The molecule has 4 aromatic carbocycles. The van der Waals surface area contributed by atoms with Crippen LogP contribution in [0, 0.1) is 0 Å². The Morgan fingerprint density at radius 1 is 0.750 bits per heavy atom. The molecule has 0 saturated carbocycles. The number of rotatable bonds is 14. The maximum atomic E-state index is 12.0. The summed E-state index contributed by atoms with van der Waals surface area (Å²) in [7, 11) is 0. The second-order valence-electron chi connectivity index (χ2n) is 16.0. The van der Waals surface area contributed by atoms with E-state index in [1.807, 2.05) is 48.5 Å². The van der Waals surface area contributed by atoms with Crippen LogP contribution in [0.4, 0.5) is 22.7 Å². The van der Waals surface area contributed by atoms with Gasteiger partial charge in [0.2, 0.25) is 5.69 Å². The van der Waals surface area contributed by atoms with Crippen molar-refractivity contribution in [3.05, 3.63) is 190 Å². The van der Waals surface area contributed by atoms with Crippen LogP contribution in [0.25, 0.3) is 0 Å². The number of ether oxygens (including phenoxy) is 2. The van der Waals surface area contributed by atoms with Crippen molar-refractivity contribution in [3.63, 3.8) is 0 Å². The molecule has 4 aromatic rings. The number of anilines is 3. The maximum absolute atomic E-state index is 12.0. The van der Waals surface area contributed by atoms with Gasteiger partial charge < -0.3 is 19.3 Å². The molecule has 2 aliphatic heterocycles. The summed E-state index contributed by atoms with van der Waals surface area (Å²) in [5.41, 5.74) is 11.2. The summed E-state index contributed by atoms with van der Waals surface area (Å²) in [5.74, 6) is -0.904. The normalized spacial score (nSPS) is 17.7. The van der Waals surface area contributed by atoms with E-state index in [0.717, 1.165) is 63.8 Å². The van der Waals surface area contributed by atoms with E-state index in [1.54, 1.807) is 0 Å². The number of fused-ring (bicyclic) bond motifs is 2. The molecule has 0 bridgehead atoms. The summed E-state index contributed by atoms with van der Waals surface area (Å²) >= 11 is 13.2. The predicted octanol–water partition coefficient (Wildman–Crippen LogP) is 11.9. The molecule has 9 heteroatoms. The van der Waals surface area contributed by atoms with Gasteiger partial charge in [-0.1, -0.05) is 98.8 Å². The first-order chi connectivity index (χ1) is 28.8. The molecular formula is C51H50Cl2N3O4+. The molecule has 0 saturated heterocycles. The molecule has 306 valence electrons. The molecule has 3 aliphatic rings. The fourth-order valence-electron chi connectivity index (χ4n) is 8.61. The molecule has 7 rings (SSSR count). The van der Waals surface area contributed by atoms with Crippen LogP contribution in [0.5, 0.6) is 0 Å². The Morgan fingerprint density at radius 2 is 1.35 bits per heavy atom. The highest BCUT2D eigenvalue weighted by Crippen LogP contribution is 2.49. The van der Waals surface area contributed by atoms with Crippen LogP contribution >= 0.6 is 23.2 Å². The lowest BCUT2D eigenvalue weighted by molar-refractivity contribution is -0.440. The van der Waals surface area contributed by atoms with Gasteiger partial charge in [0.15, 0.2) is 18.9 Å². The smallest absolute Gasteiger partial charge is 0.330 e. The third kappa shape index (κ3) is 8.43. The van der Waals surface area contributed by atoms with E-state index in [0.29, 0.717) is 23.1 Å².